The third-order valence-corrected chi connectivity index (χ3v) is 8.80. The zero-order valence-electron chi connectivity index (χ0n) is 26.6. The Labute approximate surface area is 281 Å². The van der Waals surface area contributed by atoms with Gasteiger partial charge in [0, 0.05) is 68.9 Å². The number of carbonyl (C=O) groups is 2. The maximum Gasteiger partial charge on any atom is 0.260 e. The molecule has 2 amide bonds. The van der Waals surface area contributed by atoms with Crippen molar-refractivity contribution in [2.24, 2.45) is 0 Å². The maximum atomic E-state index is 14.0. The van der Waals surface area contributed by atoms with Crippen LogP contribution in [0.5, 0.6) is 17.2 Å². The molecule has 2 aromatic heterocycles. The Morgan fingerprint density at radius 2 is 1.60 bits per heavy atom. The van der Waals surface area contributed by atoms with Crippen molar-refractivity contribution < 1.29 is 23.8 Å². The smallest absolute Gasteiger partial charge is 0.260 e. The van der Waals surface area contributed by atoms with Crippen LogP contribution < -0.4 is 30.0 Å². The lowest BCUT2D eigenvalue weighted by Crippen LogP contribution is -2.48. The summed E-state index contributed by atoms with van der Waals surface area (Å²) in [5, 5.41) is 3.77. The molecule has 1 fully saturated rings. The number of benzene rings is 2. The molecule has 0 radical (unpaired) electrons. The molecule has 0 atom stereocenters. The van der Waals surface area contributed by atoms with E-state index in [1.807, 2.05) is 6.92 Å². The van der Waals surface area contributed by atoms with Gasteiger partial charge in [0.05, 0.1) is 53.9 Å². The molecule has 5 rings (SSSR count). The van der Waals surface area contributed by atoms with E-state index in [2.05, 4.69) is 21.8 Å². The highest BCUT2D eigenvalue weighted by Crippen LogP contribution is 2.45. The number of ether oxygens (including phenoxy) is 3. The highest BCUT2D eigenvalue weighted by molar-refractivity contribution is 6.41. The SMILES string of the molecule is C=CC(=O)Nc1cc(-c2ncc3cc(-c4c(Cl)c(OC)cc(OC)c4Cl)c(=O)n(CC)c3n2)c(OC)cc1N1CCN(C(C)=O)CC1. The van der Waals surface area contributed by atoms with E-state index in [4.69, 9.17) is 42.4 Å². The monoisotopic (exact) mass is 680 g/mol. The van der Waals surface area contributed by atoms with E-state index in [-0.39, 0.29) is 45.0 Å². The molecule has 0 saturated carbocycles. The second-order valence-electron chi connectivity index (χ2n) is 10.6. The molecule has 0 spiro atoms. The van der Waals surface area contributed by atoms with E-state index in [0.29, 0.717) is 71.4 Å². The van der Waals surface area contributed by atoms with Crippen molar-refractivity contribution >= 4 is 57.4 Å². The number of amides is 2. The zero-order valence-corrected chi connectivity index (χ0v) is 28.2. The van der Waals surface area contributed by atoms with E-state index >= 15 is 0 Å². The number of piperazine rings is 1. The van der Waals surface area contributed by atoms with E-state index in [1.165, 1.54) is 32.0 Å². The number of nitrogens with zero attached hydrogens (tertiary/aromatic N) is 5. The topological polar surface area (TPSA) is 128 Å². The standard InChI is InChI=1S/C33H34Cl2N6O6/c1-7-27(43)37-22-14-20(24(45-4)15-23(22)40-11-9-39(10-12-40)18(3)42)31-36-17-19-13-21(33(44)41(8-2)32(19)38-31)28-29(34)25(46-5)16-26(47-6)30(28)35/h7,13-17H,1,8-12H2,2-6H3,(H,37,43). The van der Waals surface area contributed by atoms with Crippen molar-refractivity contribution in [3.05, 3.63) is 63.5 Å². The summed E-state index contributed by atoms with van der Waals surface area (Å²) >= 11 is 13.3. The number of methoxy groups -OCH3 is 3. The predicted octanol–water partition coefficient (Wildman–Crippen LogP) is 5.27. The molecule has 246 valence electrons. The highest BCUT2D eigenvalue weighted by atomic mass is 35.5. The number of halogens is 2. The van der Waals surface area contributed by atoms with Crippen LogP contribution in [-0.2, 0) is 16.1 Å². The molecular formula is C33H34Cl2N6O6. The van der Waals surface area contributed by atoms with Gasteiger partial charge < -0.3 is 29.3 Å². The van der Waals surface area contributed by atoms with Crippen LogP contribution in [0, 0.1) is 0 Å². The lowest BCUT2D eigenvalue weighted by atomic mass is 10.0. The third kappa shape index (κ3) is 6.30. The third-order valence-electron chi connectivity index (χ3n) is 8.05. The normalized spacial score (nSPS) is 13.0. The molecule has 1 aliphatic rings. The van der Waals surface area contributed by atoms with Gasteiger partial charge >= 0.3 is 0 Å². The molecule has 1 saturated heterocycles. The van der Waals surface area contributed by atoms with Crippen molar-refractivity contribution in [1.82, 2.24) is 19.4 Å². The summed E-state index contributed by atoms with van der Waals surface area (Å²) in [6, 6.07) is 6.73. The lowest BCUT2D eigenvalue weighted by molar-refractivity contribution is -0.129. The van der Waals surface area contributed by atoms with Crippen LogP contribution >= 0.6 is 23.2 Å². The number of hydrogen-bond donors (Lipinski definition) is 1. The van der Waals surface area contributed by atoms with Crippen molar-refractivity contribution in [2.75, 3.05) is 57.7 Å². The number of nitrogens with one attached hydrogen (secondary N) is 1. The van der Waals surface area contributed by atoms with Gasteiger partial charge in [-0.25, -0.2) is 9.97 Å². The number of carbonyl (C=O) groups excluding carboxylic acids is 2. The number of hydrogen-bond acceptors (Lipinski definition) is 9. The van der Waals surface area contributed by atoms with Gasteiger partial charge in [-0.1, -0.05) is 29.8 Å². The molecule has 3 heterocycles. The van der Waals surface area contributed by atoms with Gasteiger partial charge in [-0.3, -0.25) is 19.0 Å². The van der Waals surface area contributed by atoms with E-state index in [1.54, 1.807) is 42.3 Å². The van der Waals surface area contributed by atoms with Gasteiger partial charge in [0.2, 0.25) is 11.8 Å². The first-order valence-electron chi connectivity index (χ1n) is 14.7. The second-order valence-corrected chi connectivity index (χ2v) is 11.4. The van der Waals surface area contributed by atoms with Gasteiger partial charge in [-0.2, -0.15) is 0 Å². The van der Waals surface area contributed by atoms with Gasteiger partial charge in [0.1, 0.15) is 22.9 Å². The van der Waals surface area contributed by atoms with Crippen molar-refractivity contribution in [2.45, 2.75) is 20.4 Å². The van der Waals surface area contributed by atoms with Gasteiger partial charge in [-0.05, 0) is 25.1 Å². The Morgan fingerprint density at radius 1 is 0.957 bits per heavy atom. The Balaban J connectivity index is 1.66. The largest absolute Gasteiger partial charge is 0.496 e. The summed E-state index contributed by atoms with van der Waals surface area (Å²) < 4.78 is 18.1. The lowest BCUT2D eigenvalue weighted by Gasteiger charge is -2.36. The van der Waals surface area contributed by atoms with Crippen LogP contribution in [0.3, 0.4) is 0 Å². The fourth-order valence-electron chi connectivity index (χ4n) is 5.60. The first-order chi connectivity index (χ1) is 22.6. The Morgan fingerprint density at radius 3 is 2.15 bits per heavy atom. The number of pyridine rings is 1. The van der Waals surface area contributed by atoms with Gasteiger partial charge in [-0.15, -0.1) is 0 Å². The number of aryl methyl sites for hydroxylation is 1. The minimum Gasteiger partial charge on any atom is -0.496 e. The maximum absolute atomic E-state index is 14.0. The van der Waals surface area contributed by atoms with Crippen LogP contribution in [0.1, 0.15) is 13.8 Å². The van der Waals surface area contributed by atoms with E-state index < -0.39 is 5.91 Å². The average Bonchev–Trinajstić information content (AvgIpc) is 3.08. The molecule has 0 bridgehead atoms. The average molecular weight is 682 g/mol. The molecule has 1 aliphatic heterocycles. The highest BCUT2D eigenvalue weighted by Gasteiger charge is 2.26. The molecule has 0 unspecified atom stereocenters. The fourth-order valence-corrected chi connectivity index (χ4v) is 6.31. The Hall–Kier alpha value is -4.81. The summed E-state index contributed by atoms with van der Waals surface area (Å²) in [6.07, 6.45) is 2.78. The van der Waals surface area contributed by atoms with E-state index in [9.17, 15) is 14.4 Å². The summed E-state index contributed by atoms with van der Waals surface area (Å²) in [4.78, 5) is 51.7. The van der Waals surface area contributed by atoms with Crippen molar-refractivity contribution in [3.63, 3.8) is 0 Å². The summed E-state index contributed by atoms with van der Waals surface area (Å²) in [7, 11) is 4.45. The van der Waals surface area contributed by atoms with Crippen LogP contribution in [0.25, 0.3) is 33.5 Å². The zero-order chi connectivity index (χ0) is 34.0. The number of rotatable bonds is 9. The Bertz CT molecular complexity index is 1930. The molecule has 2 aromatic carbocycles. The molecule has 0 aliphatic carbocycles. The second kappa shape index (κ2) is 13.9. The Kier molecular flexibility index (Phi) is 9.92. The molecule has 4 aromatic rings. The molecule has 47 heavy (non-hydrogen) atoms. The predicted molar refractivity (Wildman–Crippen MR) is 183 cm³/mol. The number of anilines is 2. The molecule has 12 nitrogen and oxygen atoms in total. The van der Waals surface area contributed by atoms with Crippen molar-refractivity contribution in [3.8, 4) is 39.8 Å². The van der Waals surface area contributed by atoms with Gasteiger partial charge in [0.15, 0.2) is 5.82 Å². The quantitative estimate of drug-likeness (QED) is 0.235. The molecule has 14 heteroatoms. The number of aromatic nitrogens is 3. The molecular weight excluding hydrogens is 647 g/mol. The minimum absolute atomic E-state index is 0.0123. The first-order valence-corrected chi connectivity index (χ1v) is 15.5. The summed E-state index contributed by atoms with van der Waals surface area (Å²) in [5.74, 6) is 0.931. The minimum atomic E-state index is -0.400. The van der Waals surface area contributed by atoms with Crippen molar-refractivity contribution in [1.29, 1.82) is 0 Å². The summed E-state index contributed by atoms with van der Waals surface area (Å²) in [6.45, 7) is 9.43. The fraction of sp³-hybridized carbons (Fsp3) is 0.303. The first kappa shape index (κ1) is 33.6. The van der Waals surface area contributed by atoms with Gasteiger partial charge in [0.25, 0.3) is 5.56 Å². The van der Waals surface area contributed by atoms with Crippen LogP contribution in [0.15, 0.2) is 47.9 Å². The van der Waals surface area contributed by atoms with Crippen LogP contribution in [0.2, 0.25) is 10.0 Å². The van der Waals surface area contributed by atoms with Crippen LogP contribution in [0.4, 0.5) is 11.4 Å². The number of fused-ring (bicyclic) bond motifs is 1. The van der Waals surface area contributed by atoms with E-state index in [0.717, 1.165) is 0 Å². The summed E-state index contributed by atoms with van der Waals surface area (Å²) in [5.41, 5.74) is 2.18. The molecule has 1 N–H and O–H groups in total. The van der Waals surface area contributed by atoms with Crippen LogP contribution in [-0.4, -0.2) is 78.8 Å².